The van der Waals surface area contributed by atoms with Gasteiger partial charge in [0.05, 0.1) is 29.4 Å². The molecule has 1 atom stereocenters. The Kier molecular flexibility index (Phi) is 5.79. The fraction of sp³-hybridized carbons (Fsp3) is 0.222. The maximum Gasteiger partial charge on any atom is 0.257 e. The molecule has 172 valence electrons. The zero-order chi connectivity index (χ0) is 23.8. The van der Waals surface area contributed by atoms with Gasteiger partial charge < -0.3 is 15.8 Å². The van der Waals surface area contributed by atoms with Crippen molar-refractivity contribution in [2.24, 2.45) is 11.7 Å². The van der Waals surface area contributed by atoms with E-state index in [0.29, 0.717) is 27.7 Å². The predicted octanol–water partition coefficient (Wildman–Crippen LogP) is 5.45. The molecule has 7 heteroatoms. The second-order valence-electron chi connectivity index (χ2n) is 8.67. The molecule has 2 amide bonds. The van der Waals surface area contributed by atoms with E-state index in [-0.39, 0.29) is 5.91 Å². The third-order valence-corrected chi connectivity index (χ3v) is 7.50. The maximum absolute atomic E-state index is 13.6. The zero-order valence-electron chi connectivity index (χ0n) is 19.1. The third kappa shape index (κ3) is 4.03. The van der Waals surface area contributed by atoms with Crippen molar-refractivity contribution < 1.29 is 14.3 Å². The minimum atomic E-state index is -0.499. The molecule has 0 bridgehead atoms. The van der Waals surface area contributed by atoms with E-state index in [0.717, 1.165) is 51.9 Å². The molecule has 0 aliphatic heterocycles. The Morgan fingerprint density at radius 3 is 2.65 bits per heavy atom. The van der Waals surface area contributed by atoms with Crippen molar-refractivity contribution in [3.05, 3.63) is 76.2 Å². The number of ether oxygens (including phenoxy) is 1. The van der Waals surface area contributed by atoms with Crippen LogP contribution in [-0.2, 0) is 12.8 Å². The standard InChI is InChI=1S/C27H25N3O3S/c1-15-7-12-19-23(13-15)34-27(24(19)25(28)31)30-26(32)20-14-22(16-8-10-17(33-2)11-9-16)29-21-6-4-3-5-18(20)21/h3-6,8-11,14-15H,7,12-13H2,1-2H3,(H2,28,31)(H,30,32). The topological polar surface area (TPSA) is 94.3 Å². The predicted molar refractivity (Wildman–Crippen MR) is 136 cm³/mol. The number of carbonyl (C=O) groups is 2. The molecule has 5 rings (SSSR count). The molecule has 1 unspecified atom stereocenters. The number of nitrogens with zero attached hydrogens (tertiary/aromatic N) is 1. The molecule has 0 radical (unpaired) electrons. The quantitative estimate of drug-likeness (QED) is 0.405. The number of nitrogens with one attached hydrogen (secondary N) is 1. The Labute approximate surface area is 201 Å². The van der Waals surface area contributed by atoms with Gasteiger partial charge in [-0.05, 0) is 67.1 Å². The van der Waals surface area contributed by atoms with Crippen LogP contribution < -0.4 is 15.8 Å². The molecule has 0 saturated carbocycles. The molecule has 3 N–H and O–H groups in total. The van der Waals surface area contributed by atoms with Gasteiger partial charge in [-0.25, -0.2) is 4.98 Å². The fourth-order valence-corrected chi connectivity index (χ4v) is 5.95. The smallest absolute Gasteiger partial charge is 0.257 e. The van der Waals surface area contributed by atoms with Crippen LogP contribution in [0.15, 0.2) is 54.6 Å². The fourth-order valence-electron chi connectivity index (χ4n) is 4.54. The first-order valence-electron chi connectivity index (χ1n) is 11.2. The van der Waals surface area contributed by atoms with Gasteiger partial charge in [0.25, 0.3) is 11.8 Å². The van der Waals surface area contributed by atoms with Crippen molar-refractivity contribution in [2.45, 2.75) is 26.2 Å². The van der Waals surface area contributed by atoms with Crippen molar-refractivity contribution in [3.63, 3.8) is 0 Å². The van der Waals surface area contributed by atoms with Crippen molar-refractivity contribution in [2.75, 3.05) is 12.4 Å². The Balaban J connectivity index is 1.57. The first-order chi connectivity index (χ1) is 16.4. The summed E-state index contributed by atoms with van der Waals surface area (Å²) in [6.07, 6.45) is 2.72. The molecule has 6 nitrogen and oxygen atoms in total. The Hall–Kier alpha value is -3.71. The second kappa shape index (κ2) is 8.91. The van der Waals surface area contributed by atoms with Gasteiger partial charge in [-0.15, -0.1) is 11.3 Å². The number of thiophene rings is 1. The lowest BCUT2D eigenvalue weighted by Gasteiger charge is -2.18. The van der Waals surface area contributed by atoms with Crippen LogP contribution in [-0.4, -0.2) is 23.9 Å². The van der Waals surface area contributed by atoms with Crippen LogP contribution in [0.2, 0.25) is 0 Å². The number of rotatable bonds is 5. The summed E-state index contributed by atoms with van der Waals surface area (Å²) >= 11 is 1.46. The average Bonchev–Trinajstić information content (AvgIpc) is 3.20. The third-order valence-electron chi connectivity index (χ3n) is 6.33. The Morgan fingerprint density at radius 1 is 1.15 bits per heavy atom. The van der Waals surface area contributed by atoms with E-state index in [4.69, 9.17) is 15.5 Å². The van der Waals surface area contributed by atoms with E-state index >= 15 is 0 Å². The van der Waals surface area contributed by atoms with Crippen LogP contribution in [0.1, 0.15) is 44.5 Å². The number of pyridine rings is 1. The molecule has 0 saturated heterocycles. The van der Waals surface area contributed by atoms with Crippen LogP contribution in [0.5, 0.6) is 5.75 Å². The van der Waals surface area contributed by atoms with Crippen LogP contribution in [0, 0.1) is 5.92 Å². The van der Waals surface area contributed by atoms with E-state index in [9.17, 15) is 9.59 Å². The summed E-state index contributed by atoms with van der Waals surface area (Å²) < 4.78 is 5.25. The summed E-state index contributed by atoms with van der Waals surface area (Å²) in [5, 5.41) is 4.27. The summed E-state index contributed by atoms with van der Waals surface area (Å²) in [6, 6.07) is 16.9. The van der Waals surface area contributed by atoms with Crippen LogP contribution in [0.3, 0.4) is 0 Å². The van der Waals surface area contributed by atoms with Gasteiger partial charge in [0.15, 0.2) is 0 Å². The number of methoxy groups -OCH3 is 1. The highest BCUT2D eigenvalue weighted by atomic mass is 32.1. The largest absolute Gasteiger partial charge is 0.497 e. The van der Waals surface area contributed by atoms with E-state index in [1.807, 2.05) is 48.5 Å². The van der Waals surface area contributed by atoms with Gasteiger partial charge in [-0.1, -0.05) is 25.1 Å². The Bertz CT molecular complexity index is 1410. The van der Waals surface area contributed by atoms with Gasteiger partial charge in [0, 0.05) is 15.8 Å². The number of para-hydroxylation sites is 1. The number of fused-ring (bicyclic) bond motifs is 2. The van der Waals surface area contributed by atoms with Crippen molar-refractivity contribution in [1.29, 1.82) is 0 Å². The molecule has 2 aromatic heterocycles. The highest BCUT2D eigenvalue weighted by Crippen LogP contribution is 2.40. The summed E-state index contributed by atoms with van der Waals surface area (Å²) in [6.45, 7) is 2.20. The van der Waals surface area contributed by atoms with E-state index in [2.05, 4.69) is 12.2 Å². The summed E-state index contributed by atoms with van der Waals surface area (Å²) in [5.74, 6) is 0.507. The number of anilines is 1. The van der Waals surface area contributed by atoms with Crippen LogP contribution in [0.4, 0.5) is 5.00 Å². The van der Waals surface area contributed by atoms with Gasteiger partial charge in [-0.2, -0.15) is 0 Å². The number of amides is 2. The molecule has 1 aliphatic rings. The number of nitrogens with two attached hydrogens (primary N) is 1. The molecule has 2 aromatic carbocycles. The molecule has 0 fully saturated rings. The van der Waals surface area contributed by atoms with E-state index in [1.165, 1.54) is 11.3 Å². The van der Waals surface area contributed by atoms with E-state index < -0.39 is 5.91 Å². The molecule has 2 heterocycles. The lowest BCUT2D eigenvalue weighted by atomic mass is 9.88. The highest BCUT2D eigenvalue weighted by molar-refractivity contribution is 7.17. The highest BCUT2D eigenvalue weighted by Gasteiger charge is 2.28. The Morgan fingerprint density at radius 2 is 1.91 bits per heavy atom. The van der Waals surface area contributed by atoms with Crippen LogP contribution in [0.25, 0.3) is 22.2 Å². The average molecular weight is 472 g/mol. The number of benzene rings is 2. The first kappa shape index (κ1) is 22.1. The molecule has 34 heavy (non-hydrogen) atoms. The van der Waals surface area contributed by atoms with Crippen molar-refractivity contribution in [3.8, 4) is 17.0 Å². The number of hydrogen-bond acceptors (Lipinski definition) is 5. The SMILES string of the molecule is COc1ccc(-c2cc(C(=O)Nc3sc4c(c3C(N)=O)CCC(C)C4)c3ccccc3n2)cc1. The summed E-state index contributed by atoms with van der Waals surface area (Å²) in [7, 11) is 1.62. The summed E-state index contributed by atoms with van der Waals surface area (Å²) in [5.41, 5.74) is 9.95. The minimum absolute atomic E-state index is 0.289. The van der Waals surface area contributed by atoms with Crippen LogP contribution >= 0.6 is 11.3 Å². The van der Waals surface area contributed by atoms with Gasteiger partial charge in [0.1, 0.15) is 10.8 Å². The molecule has 0 spiro atoms. The lowest BCUT2D eigenvalue weighted by molar-refractivity contribution is 0.1000. The maximum atomic E-state index is 13.6. The summed E-state index contributed by atoms with van der Waals surface area (Å²) in [4.78, 5) is 31.8. The monoisotopic (exact) mass is 471 g/mol. The zero-order valence-corrected chi connectivity index (χ0v) is 19.9. The first-order valence-corrected chi connectivity index (χ1v) is 12.1. The van der Waals surface area contributed by atoms with Crippen molar-refractivity contribution in [1.82, 2.24) is 4.98 Å². The lowest BCUT2D eigenvalue weighted by Crippen LogP contribution is -2.19. The van der Waals surface area contributed by atoms with Crippen molar-refractivity contribution >= 4 is 39.1 Å². The van der Waals surface area contributed by atoms with Gasteiger partial charge >= 0.3 is 0 Å². The molecule has 1 aliphatic carbocycles. The van der Waals surface area contributed by atoms with E-state index in [1.54, 1.807) is 13.2 Å². The number of primary amides is 1. The van der Waals surface area contributed by atoms with Gasteiger partial charge in [0.2, 0.25) is 0 Å². The number of carbonyl (C=O) groups excluding carboxylic acids is 2. The van der Waals surface area contributed by atoms with Gasteiger partial charge in [-0.3, -0.25) is 9.59 Å². The molecular formula is C27H25N3O3S. The molecule has 4 aromatic rings. The second-order valence-corrected chi connectivity index (χ2v) is 9.78. The number of hydrogen-bond donors (Lipinski definition) is 2. The molecular weight excluding hydrogens is 446 g/mol. The minimum Gasteiger partial charge on any atom is -0.497 e. The number of aromatic nitrogens is 1. The normalized spacial score (nSPS) is 15.1.